The summed E-state index contributed by atoms with van der Waals surface area (Å²) in [5.41, 5.74) is -0.148. The molecule has 0 aromatic heterocycles. The van der Waals surface area contributed by atoms with Crippen LogP contribution in [0.4, 0.5) is 4.39 Å². The fourth-order valence-electron chi connectivity index (χ4n) is 3.42. The van der Waals surface area contributed by atoms with Crippen molar-refractivity contribution in [2.75, 3.05) is 19.8 Å². The lowest BCUT2D eigenvalue weighted by Gasteiger charge is -2.33. The van der Waals surface area contributed by atoms with Gasteiger partial charge in [-0.3, -0.25) is 4.79 Å². The molecule has 170 valence electrons. The molecule has 7 nitrogen and oxygen atoms in total. The van der Waals surface area contributed by atoms with Gasteiger partial charge in [-0.05, 0) is 37.3 Å². The number of carbonyl (C=O) groups excluding carboxylic acids is 1. The van der Waals surface area contributed by atoms with E-state index in [0.717, 1.165) is 18.9 Å². The zero-order chi connectivity index (χ0) is 22.4. The molecule has 1 aromatic rings. The molecule has 1 aliphatic heterocycles. The summed E-state index contributed by atoms with van der Waals surface area (Å²) in [7, 11) is -4.17. The first kappa shape index (κ1) is 24.7. The van der Waals surface area contributed by atoms with Crippen LogP contribution >= 0.6 is 0 Å². The number of amides is 1. The van der Waals surface area contributed by atoms with Crippen molar-refractivity contribution in [1.82, 2.24) is 10.0 Å². The standard InChI is InChI=1S/C21H33FN2O5S/c1-5-21(4,20-28-13-14-29-20)11-8-12-23-19(25)18(15(2)3)24-30(26,27)17-10-7-6-9-16(17)22/h6-7,9-10,15,18,20,24H,5,8,11-14H2,1-4H3,(H,23,25)/t18-,21?/m0/s1. The highest BCUT2D eigenvalue weighted by Crippen LogP contribution is 2.35. The molecule has 1 amide bonds. The normalized spacial score (nSPS) is 18.3. The summed E-state index contributed by atoms with van der Waals surface area (Å²) >= 11 is 0. The second-order valence-electron chi connectivity index (χ2n) is 8.25. The molecule has 30 heavy (non-hydrogen) atoms. The minimum Gasteiger partial charge on any atom is -0.355 e. The third-order valence-corrected chi connectivity index (χ3v) is 7.05. The predicted octanol–water partition coefficient (Wildman–Crippen LogP) is 2.81. The van der Waals surface area contributed by atoms with Crippen LogP contribution in [0.25, 0.3) is 0 Å². The third-order valence-electron chi connectivity index (χ3n) is 5.58. The number of nitrogens with one attached hydrogen (secondary N) is 2. The average Bonchev–Trinajstić information content (AvgIpc) is 3.24. The maximum absolute atomic E-state index is 13.9. The number of carbonyl (C=O) groups is 1. The molecule has 1 saturated heterocycles. The van der Waals surface area contributed by atoms with E-state index in [4.69, 9.17) is 9.47 Å². The SMILES string of the molecule is CCC(C)(CCCNC(=O)[C@@H](NS(=O)(=O)c1ccccc1F)C(C)C)C1OCCO1. The Morgan fingerprint density at radius 1 is 1.27 bits per heavy atom. The fourth-order valence-corrected chi connectivity index (χ4v) is 4.84. The second-order valence-corrected chi connectivity index (χ2v) is 9.93. The summed E-state index contributed by atoms with van der Waals surface area (Å²) < 4.78 is 52.7. The van der Waals surface area contributed by atoms with E-state index in [1.165, 1.54) is 18.2 Å². The van der Waals surface area contributed by atoms with Gasteiger partial charge in [0.1, 0.15) is 16.8 Å². The Bertz CT molecular complexity index is 811. The van der Waals surface area contributed by atoms with Gasteiger partial charge >= 0.3 is 0 Å². The van der Waals surface area contributed by atoms with E-state index in [1.54, 1.807) is 13.8 Å². The van der Waals surface area contributed by atoms with Crippen LogP contribution in [0.5, 0.6) is 0 Å². The first-order valence-electron chi connectivity index (χ1n) is 10.4. The van der Waals surface area contributed by atoms with Crippen molar-refractivity contribution in [1.29, 1.82) is 0 Å². The topological polar surface area (TPSA) is 93.7 Å². The molecule has 1 aliphatic rings. The quantitative estimate of drug-likeness (QED) is 0.512. The van der Waals surface area contributed by atoms with Gasteiger partial charge in [-0.25, -0.2) is 12.8 Å². The summed E-state index contributed by atoms with van der Waals surface area (Å²) in [6, 6.07) is 4.08. The lowest BCUT2D eigenvalue weighted by molar-refractivity contribution is -0.131. The Morgan fingerprint density at radius 2 is 1.90 bits per heavy atom. The van der Waals surface area contributed by atoms with E-state index in [2.05, 4.69) is 23.9 Å². The van der Waals surface area contributed by atoms with Gasteiger partial charge in [0.25, 0.3) is 0 Å². The maximum Gasteiger partial charge on any atom is 0.244 e. The van der Waals surface area contributed by atoms with Crippen LogP contribution in [-0.2, 0) is 24.3 Å². The Morgan fingerprint density at radius 3 is 2.47 bits per heavy atom. The maximum atomic E-state index is 13.9. The van der Waals surface area contributed by atoms with Gasteiger partial charge in [0, 0.05) is 12.0 Å². The van der Waals surface area contributed by atoms with E-state index in [1.807, 2.05) is 0 Å². The van der Waals surface area contributed by atoms with Gasteiger partial charge in [-0.1, -0.05) is 39.8 Å². The zero-order valence-electron chi connectivity index (χ0n) is 18.1. The number of halogens is 1. The molecule has 2 rings (SSSR count). The van der Waals surface area contributed by atoms with Crippen LogP contribution in [0.1, 0.15) is 47.0 Å². The molecule has 1 heterocycles. The first-order chi connectivity index (χ1) is 14.1. The van der Waals surface area contributed by atoms with Crippen molar-refractivity contribution in [2.45, 2.75) is 64.2 Å². The van der Waals surface area contributed by atoms with Gasteiger partial charge in [0.15, 0.2) is 6.29 Å². The van der Waals surface area contributed by atoms with Crippen molar-refractivity contribution in [2.24, 2.45) is 11.3 Å². The molecule has 1 fully saturated rings. The molecule has 0 saturated carbocycles. The fraction of sp³-hybridized carbons (Fsp3) is 0.667. The molecule has 0 spiro atoms. The van der Waals surface area contributed by atoms with Crippen LogP contribution in [0.2, 0.25) is 0 Å². The number of sulfonamides is 1. The predicted molar refractivity (Wildman–Crippen MR) is 112 cm³/mol. The summed E-state index contributed by atoms with van der Waals surface area (Å²) in [5, 5.41) is 2.80. The van der Waals surface area contributed by atoms with Crippen LogP contribution in [0, 0.1) is 17.2 Å². The third kappa shape index (κ3) is 6.23. The second kappa shape index (κ2) is 10.7. The number of benzene rings is 1. The molecule has 1 aromatic carbocycles. The molecule has 0 aliphatic carbocycles. The molecule has 9 heteroatoms. The molecule has 0 radical (unpaired) electrons. The van der Waals surface area contributed by atoms with Crippen molar-refractivity contribution in [3.63, 3.8) is 0 Å². The number of hydrogen-bond donors (Lipinski definition) is 2. The average molecular weight is 445 g/mol. The minimum atomic E-state index is -4.17. The van der Waals surface area contributed by atoms with E-state index in [0.29, 0.717) is 26.2 Å². The smallest absolute Gasteiger partial charge is 0.244 e. The summed E-state index contributed by atoms with van der Waals surface area (Å²) in [4.78, 5) is 12.2. The Kier molecular flexibility index (Phi) is 8.78. The largest absolute Gasteiger partial charge is 0.355 e. The zero-order valence-corrected chi connectivity index (χ0v) is 18.9. The van der Waals surface area contributed by atoms with Crippen molar-refractivity contribution in [3.05, 3.63) is 30.1 Å². The Hall–Kier alpha value is -1.55. The highest BCUT2D eigenvalue weighted by Gasteiger charge is 2.36. The minimum absolute atomic E-state index is 0.148. The molecular formula is C21H33FN2O5S. The van der Waals surface area contributed by atoms with Crippen LogP contribution in [0.3, 0.4) is 0 Å². The van der Waals surface area contributed by atoms with E-state index < -0.39 is 32.7 Å². The number of hydrogen-bond acceptors (Lipinski definition) is 5. The van der Waals surface area contributed by atoms with Gasteiger partial charge in [-0.15, -0.1) is 0 Å². The molecule has 2 atom stereocenters. The molecular weight excluding hydrogens is 411 g/mol. The van der Waals surface area contributed by atoms with Crippen molar-refractivity contribution in [3.8, 4) is 0 Å². The summed E-state index contributed by atoms with van der Waals surface area (Å²) in [5.74, 6) is -1.60. The van der Waals surface area contributed by atoms with Gasteiger partial charge < -0.3 is 14.8 Å². The number of ether oxygens (including phenoxy) is 2. The van der Waals surface area contributed by atoms with Crippen molar-refractivity contribution >= 4 is 15.9 Å². The van der Waals surface area contributed by atoms with Crippen LogP contribution in [-0.4, -0.2) is 46.4 Å². The van der Waals surface area contributed by atoms with Crippen molar-refractivity contribution < 1.29 is 27.1 Å². The Balaban J connectivity index is 1.93. The lowest BCUT2D eigenvalue weighted by Crippen LogP contribution is -2.50. The summed E-state index contributed by atoms with van der Waals surface area (Å²) in [6.45, 7) is 9.23. The van der Waals surface area contributed by atoms with E-state index in [9.17, 15) is 17.6 Å². The first-order valence-corrected chi connectivity index (χ1v) is 11.9. The molecule has 0 bridgehead atoms. The van der Waals surface area contributed by atoms with Gasteiger partial charge in [-0.2, -0.15) is 4.72 Å². The van der Waals surface area contributed by atoms with Gasteiger partial charge in [0.05, 0.1) is 13.2 Å². The highest BCUT2D eigenvalue weighted by molar-refractivity contribution is 7.89. The van der Waals surface area contributed by atoms with Crippen LogP contribution in [0.15, 0.2) is 29.2 Å². The lowest BCUT2D eigenvalue weighted by atomic mass is 9.82. The number of rotatable bonds is 11. The summed E-state index contributed by atoms with van der Waals surface area (Å²) in [6.07, 6.45) is 2.13. The van der Waals surface area contributed by atoms with E-state index >= 15 is 0 Å². The molecule has 2 N–H and O–H groups in total. The Labute approximate surface area is 178 Å². The highest BCUT2D eigenvalue weighted by atomic mass is 32.2. The monoisotopic (exact) mass is 444 g/mol. The molecule has 1 unspecified atom stereocenters. The van der Waals surface area contributed by atoms with Crippen LogP contribution < -0.4 is 10.0 Å². The van der Waals surface area contributed by atoms with Gasteiger partial charge in [0.2, 0.25) is 15.9 Å². The van der Waals surface area contributed by atoms with E-state index in [-0.39, 0.29) is 17.6 Å².